The second-order valence-electron chi connectivity index (χ2n) is 6.00. The fourth-order valence-electron chi connectivity index (χ4n) is 2.35. The monoisotopic (exact) mass is 299 g/mol. The molecule has 0 saturated carbocycles. The highest BCUT2D eigenvalue weighted by Crippen LogP contribution is 2.19. The number of nitrogens with zero attached hydrogens (tertiary/aromatic N) is 2. The minimum Gasteiger partial charge on any atom is -0.492 e. The number of quaternary nitrogens is 1. The molecule has 1 aromatic heterocycles. The molecule has 21 heavy (non-hydrogen) atoms. The number of aromatic nitrogens is 1. The van der Waals surface area contributed by atoms with Crippen molar-refractivity contribution in [2.45, 2.75) is 39.0 Å². The molecule has 0 radical (unpaired) electrons. The summed E-state index contributed by atoms with van der Waals surface area (Å²) >= 11 is 0. The van der Waals surface area contributed by atoms with Crippen molar-refractivity contribution < 1.29 is 24.3 Å². The molecule has 0 fully saturated rings. The molecule has 120 valence electrons. The molecule has 6 heteroatoms. The summed E-state index contributed by atoms with van der Waals surface area (Å²) in [5.74, 6) is -1.04. The van der Waals surface area contributed by atoms with Crippen LogP contribution in [0.3, 0.4) is 0 Å². The van der Waals surface area contributed by atoms with Crippen LogP contribution in [0.15, 0.2) is 12.1 Å². The van der Waals surface area contributed by atoms with Gasteiger partial charge in [0.1, 0.15) is 0 Å². The lowest BCUT2D eigenvalue weighted by Gasteiger charge is -2.29. The van der Waals surface area contributed by atoms with Gasteiger partial charge in [0.2, 0.25) is 11.8 Å². The topological polar surface area (TPSA) is 71.7 Å². The zero-order chi connectivity index (χ0) is 15.9. The first-order chi connectivity index (χ1) is 9.85. The molecule has 1 heterocycles. The predicted octanol–water partition coefficient (Wildman–Crippen LogP) is 1.90. The maximum atomic E-state index is 11.6. The second-order valence-corrected chi connectivity index (χ2v) is 6.00. The van der Waals surface area contributed by atoms with Crippen molar-refractivity contribution in [2.24, 2.45) is 0 Å². The van der Waals surface area contributed by atoms with E-state index in [-0.39, 0.29) is 18.2 Å². The second kappa shape index (κ2) is 7.93. The third-order valence-electron chi connectivity index (χ3n) is 3.46. The van der Waals surface area contributed by atoms with Crippen LogP contribution in [-0.4, -0.2) is 52.6 Å². The molecule has 2 N–H and O–H groups in total. The molecule has 1 aromatic rings. The standard InChI is InChI=1S/C15H26N2O4/c1-4-11-17(2,3)12-7-5-6-8-15(20)21-16-13(18)9-10-14(16)19/h9-10H,4-8,11-12H2,1-3H3,(H-,18,19)/p+1. The van der Waals surface area contributed by atoms with E-state index in [0.717, 1.165) is 41.6 Å². The summed E-state index contributed by atoms with van der Waals surface area (Å²) in [6, 6.07) is 2.52. The van der Waals surface area contributed by atoms with E-state index in [0.29, 0.717) is 0 Å². The number of rotatable bonds is 9. The number of carbonyl (C=O) groups excluding carboxylic acids is 1. The Balaban J connectivity index is 2.20. The van der Waals surface area contributed by atoms with Gasteiger partial charge in [0.15, 0.2) is 0 Å². The van der Waals surface area contributed by atoms with E-state index in [9.17, 15) is 15.0 Å². The zero-order valence-electron chi connectivity index (χ0n) is 13.2. The van der Waals surface area contributed by atoms with Crippen molar-refractivity contribution in [2.75, 3.05) is 27.2 Å². The molecule has 0 aliphatic carbocycles. The van der Waals surface area contributed by atoms with E-state index in [1.165, 1.54) is 18.6 Å². The van der Waals surface area contributed by atoms with Gasteiger partial charge in [0.05, 0.1) is 27.2 Å². The third kappa shape index (κ3) is 6.08. The Labute approximate surface area is 126 Å². The molecular weight excluding hydrogens is 272 g/mol. The molecule has 0 bridgehead atoms. The van der Waals surface area contributed by atoms with E-state index < -0.39 is 5.97 Å². The van der Waals surface area contributed by atoms with E-state index in [1.54, 1.807) is 0 Å². The van der Waals surface area contributed by atoms with Crippen molar-refractivity contribution in [1.82, 2.24) is 4.73 Å². The van der Waals surface area contributed by atoms with E-state index in [1.807, 2.05) is 0 Å². The highest BCUT2D eigenvalue weighted by atomic mass is 16.7. The smallest absolute Gasteiger partial charge is 0.333 e. The van der Waals surface area contributed by atoms with E-state index >= 15 is 0 Å². The fourth-order valence-corrected chi connectivity index (χ4v) is 2.35. The van der Waals surface area contributed by atoms with Crippen molar-refractivity contribution >= 4 is 5.97 Å². The van der Waals surface area contributed by atoms with Gasteiger partial charge in [-0.25, -0.2) is 4.79 Å². The Bertz CT molecular complexity index is 435. The summed E-state index contributed by atoms with van der Waals surface area (Å²) in [5, 5.41) is 18.7. The van der Waals surface area contributed by atoms with Gasteiger partial charge in [-0.2, -0.15) is 0 Å². The van der Waals surface area contributed by atoms with Gasteiger partial charge in [-0.1, -0.05) is 6.92 Å². The first kappa shape index (κ1) is 17.4. The van der Waals surface area contributed by atoms with Crippen LogP contribution in [-0.2, 0) is 4.79 Å². The van der Waals surface area contributed by atoms with Gasteiger partial charge in [-0.05, 0) is 25.7 Å². The molecule has 0 amide bonds. The number of unbranched alkanes of at least 4 members (excludes halogenated alkanes) is 2. The summed E-state index contributed by atoms with van der Waals surface area (Å²) in [6.45, 7) is 4.44. The highest BCUT2D eigenvalue weighted by Gasteiger charge is 2.14. The summed E-state index contributed by atoms with van der Waals surface area (Å²) < 4.78 is 1.73. The van der Waals surface area contributed by atoms with Gasteiger partial charge < -0.3 is 19.5 Å². The third-order valence-corrected chi connectivity index (χ3v) is 3.46. The van der Waals surface area contributed by atoms with Crippen LogP contribution in [0.1, 0.15) is 39.0 Å². The molecule has 0 saturated heterocycles. The Hall–Kier alpha value is -1.69. The normalized spacial score (nSPS) is 11.6. The first-order valence-electron chi connectivity index (χ1n) is 7.48. The van der Waals surface area contributed by atoms with Crippen LogP contribution in [0, 0.1) is 0 Å². The maximum absolute atomic E-state index is 11.6. The van der Waals surface area contributed by atoms with Crippen molar-refractivity contribution in [3.8, 4) is 11.8 Å². The van der Waals surface area contributed by atoms with Gasteiger partial charge >= 0.3 is 5.97 Å². The predicted molar refractivity (Wildman–Crippen MR) is 80.0 cm³/mol. The Kier molecular flexibility index (Phi) is 6.55. The summed E-state index contributed by atoms with van der Waals surface area (Å²) in [5.41, 5.74) is 0. The summed E-state index contributed by atoms with van der Waals surface area (Å²) in [6.07, 6.45) is 4.22. The van der Waals surface area contributed by atoms with Crippen LogP contribution in [0.4, 0.5) is 0 Å². The SMILES string of the molecule is CCC[N+](C)(C)CCCCCC(=O)On1c(O)ccc1O. The molecule has 0 spiro atoms. The number of hydrogen-bond donors (Lipinski definition) is 2. The lowest BCUT2D eigenvalue weighted by molar-refractivity contribution is -0.890. The molecule has 0 unspecified atom stereocenters. The van der Waals surface area contributed by atoms with Gasteiger partial charge in [0.25, 0.3) is 0 Å². The van der Waals surface area contributed by atoms with Crippen LogP contribution in [0.25, 0.3) is 0 Å². The maximum Gasteiger partial charge on any atom is 0.333 e. The van der Waals surface area contributed by atoms with Crippen LogP contribution in [0.2, 0.25) is 0 Å². The molecule has 0 aliphatic rings. The highest BCUT2D eigenvalue weighted by molar-refractivity contribution is 5.69. The fraction of sp³-hybridized carbons (Fsp3) is 0.667. The average Bonchev–Trinajstić information content (AvgIpc) is 2.70. The Morgan fingerprint density at radius 3 is 2.33 bits per heavy atom. The van der Waals surface area contributed by atoms with Gasteiger partial charge in [0, 0.05) is 18.6 Å². The molecular formula is C15H27N2O4+. The van der Waals surface area contributed by atoms with Crippen molar-refractivity contribution in [3.05, 3.63) is 12.1 Å². The van der Waals surface area contributed by atoms with E-state index in [4.69, 9.17) is 4.84 Å². The summed E-state index contributed by atoms with van der Waals surface area (Å²) in [7, 11) is 4.44. The van der Waals surface area contributed by atoms with Gasteiger partial charge in [-0.15, -0.1) is 4.73 Å². The minimum atomic E-state index is -0.459. The van der Waals surface area contributed by atoms with Gasteiger partial charge in [-0.3, -0.25) is 0 Å². The molecule has 6 nitrogen and oxygen atoms in total. The van der Waals surface area contributed by atoms with Crippen LogP contribution >= 0.6 is 0 Å². The number of carbonyl (C=O) groups is 1. The minimum absolute atomic E-state index is 0.276. The van der Waals surface area contributed by atoms with Crippen LogP contribution < -0.4 is 4.84 Å². The quantitative estimate of drug-likeness (QED) is 0.539. The van der Waals surface area contributed by atoms with Crippen molar-refractivity contribution in [1.29, 1.82) is 0 Å². The average molecular weight is 299 g/mol. The largest absolute Gasteiger partial charge is 0.492 e. The number of hydrogen-bond acceptors (Lipinski definition) is 4. The summed E-state index contributed by atoms with van der Waals surface area (Å²) in [4.78, 5) is 16.5. The lowest BCUT2D eigenvalue weighted by Crippen LogP contribution is -2.40. The zero-order valence-corrected chi connectivity index (χ0v) is 13.2. The Morgan fingerprint density at radius 1 is 1.14 bits per heavy atom. The Morgan fingerprint density at radius 2 is 1.76 bits per heavy atom. The molecule has 1 rings (SSSR count). The molecule has 0 aliphatic heterocycles. The number of aromatic hydroxyl groups is 2. The van der Waals surface area contributed by atoms with E-state index in [2.05, 4.69) is 21.0 Å². The lowest BCUT2D eigenvalue weighted by atomic mass is 10.2. The molecule has 0 aromatic carbocycles. The first-order valence-corrected chi connectivity index (χ1v) is 7.48. The van der Waals surface area contributed by atoms with Crippen molar-refractivity contribution in [3.63, 3.8) is 0 Å². The molecule has 0 atom stereocenters. The van der Waals surface area contributed by atoms with Crippen LogP contribution in [0.5, 0.6) is 11.8 Å².